The number of rotatable bonds is 6. The number of nitrogens with zero attached hydrogens (tertiary/aromatic N) is 1. The van der Waals surface area contributed by atoms with Crippen LogP contribution < -0.4 is 19.5 Å². The second-order valence-electron chi connectivity index (χ2n) is 5.85. The second kappa shape index (κ2) is 8.06. The Kier molecular flexibility index (Phi) is 6.10. The first-order chi connectivity index (χ1) is 11.1. The number of methoxy groups -OCH3 is 3. The zero-order valence-corrected chi connectivity index (χ0v) is 14.3. The van der Waals surface area contributed by atoms with Gasteiger partial charge in [-0.15, -0.1) is 0 Å². The Morgan fingerprint density at radius 3 is 2.39 bits per heavy atom. The van der Waals surface area contributed by atoms with Crippen molar-refractivity contribution in [2.24, 2.45) is 5.92 Å². The van der Waals surface area contributed by atoms with Crippen LogP contribution in [0.5, 0.6) is 17.2 Å². The molecular formula is C17H26N2O4. The van der Waals surface area contributed by atoms with E-state index in [9.17, 15) is 4.79 Å². The van der Waals surface area contributed by atoms with Gasteiger partial charge in [0, 0.05) is 13.1 Å². The van der Waals surface area contributed by atoms with E-state index in [1.54, 1.807) is 21.3 Å². The van der Waals surface area contributed by atoms with Gasteiger partial charge in [0.05, 0.1) is 27.2 Å². The van der Waals surface area contributed by atoms with E-state index in [0.29, 0.717) is 23.8 Å². The molecule has 6 nitrogen and oxygen atoms in total. The molecule has 0 aromatic heterocycles. The average Bonchev–Trinajstić information content (AvgIpc) is 2.58. The molecule has 0 spiro atoms. The van der Waals surface area contributed by atoms with Gasteiger partial charge in [-0.25, -0.2) is 0 Å². The maximum absolute atomic E-state index is 12.3. The molecule has 128 valence electrons. The summed E-state index contributed by atoms with van der Waals surface area (Å²) in [7, 11) is 6.79. The Balaban J connectivity index is 2.03. The molecule has 1 heterocycles. The summed E-state index contributed by atoms with van der Waals surface area (Å²) in [6, 6.07) is 3.71. The van der Waals surface area contributed by atoms with Gasteiger partial charge in [-0.05, 0) is 44.1 Å². The van der Waals surface area contributed by atoms with Crippen LogP contribution in [-0.2, 0) is 11.3 Å². The molecule has 1 aromatic rings. The van der Waals surface area contributed by atoms with Crippen molar-refractivity contribution in [3.63, 3.8) is 0 Å². The number of piperidine rings is 1. The normalized spacial score (nSPS) is 18.3. The number of amides is 1. The minimum atomic E-state index is 0.0655. The molecule has 1 saturated heterocycles. The number of benzene rings is 1. The molecule has 1 aliphatic rings. The molecule has 23 heavy (non-hydrogen) atoms. The average molecular weight is 322 g/mol. The highest BCUT2D eigenvalue weighted by Gasteiger charge is 2.23. The minimum absolute atomic E-state index is 0.0655. The molecule has 1 amide bonds. The number of hydrogen-bond donors (Lipinski definition) is 1. The zero-order valence-electron chi connectivity index (χ0n) is 14.3. The smallest absolute Gasteiger partial charge is 0.224 e. The van der Waals surface area contributed by atoms with Crippen molar-refractivity contribution >= 4 is 5.91 Å². The van der Waals surface area contributed by atoms with Gasteiger partial charge in [-0.1, -0.05) is 0 Å². The molecule has 1 aromatic carbocycles. The Morgan fingerprint density at radius 2 is 1.87 bits per heavy atom. The minimum Gasteiger partial charge on any atom is -0.493 e. The van der Waals surface area contributed by atoms with Crippen LogP contribution in [0.15, 0.2) is 12.1 Å². The molecule has 1 atom stereocenters. The van der Waals surface area contributed by atoms with E-state index < -0.39 is 0 Å². The Morgan fingerprint density at radius 1 is 1.22 bits per heavy atom. The first-order valence-corrected chi connectivity index (χ1v) is 7.84. The Labute approximate surface area is 137 Å². The highest BCUT2D eigenvalue weighted by molar-refractivity contribution is 5.79. The first kappa shape index (κ1) is 17.4. The topological polar surface area (TPSA) is 60.0 Å². The third-order valence-corrected chi connectivity index (χ3v) is 4.19. The van der Waals surface area contributed by atoms with Gasteiger partial charge in [0.2, 0.25) is 11.7 Å². The van der Waals surface area contributed by atoms with E-state index in [1.807, 2.05) is 12.1 Å². The summed E-state index contributed by atoms with van der Waals surface area (Å²) in [6.45, 7) is 2.33. The molecule has 2 rings (SSSR count). The van der Waals surface area contributed by atoms with Crippen LogP contribution in [0.4, 0.5) is 0 Å². The number of nitrogens with one attached hydrogen (secondary N) is 1. The van der Waals surface area contributed by atoms with Gasteiger partial charge in [0.25, 0.3) is 0 Å². The monoisotopic (exact) mass is 322 g/mol. The number of carbonyl (C=O) groups is 1. The SMILES string of the molecule is COc1cc(CNC(=O)[C@H]2CCCN(C)C2)cc(OC)c1OC. The van der Waals surface area contributed by atoms with Crippen molar-refractivity contribution in [3.05, 3.63) is 17.7 Å². The van der Waals surface area contributed by atoms with E-state index in [4.69, 9.17) is 14.2 Å². The van der Waals surface area contributed by atoms with Gasteiger partial charge in [-0.3, -0.25) is 4.79 Å². The highest BCUT2D eigenvalue weighted by Crippen LogP contribution is 2.38. The molecule has 0 aliphatic carbocycles. The highest BCUT2D eigenvalue weighted by atomic mass is 16.5. The van der Waals surface area contributed by atoms with Crippen LogP contribution in [-0.4, -0.2) is 52.3 Å². The van der Waals surface area contributed by atoms with Crippen molar-refractivity contribution in [2.75, 3.05) is 41.5 Å². The summed E-state index contributed by atoms with van der Waals surface area (Å²) in [5.74, 6) is 1.90. The fraction of sp³-hybridized carbons (Fsp3) is 0.588. The van der Waals surface area contributed by atoms with Crippen LogP contribution in [0.2, 0.25) is 0 Å². The predicted octanol–water partition coefficient (Wildman–Crippen LogP) is 1.67. The molecule has 1 N–H and O–H groups in total. The maximum Gasteiger partial charge on any atom is 0.224 e. The third kappa shape index (κ3) is 4.28. The number of ether oxygens (including phenoxy) is 3. The van der Waals surface area contributed by atoms with Crippen LogP contribution in [0.3, 0.4) is 0 Å². The van der Waals surface area contributed by atoms with Gasteiger partial charge in [0.1, 0.15) is 0 Å². The lowest BCUT2D eigenvalue weighted by Gasteiger charge is -2.28. The summed E-state index contributed by atoms with van der Waals surface area (Å²) in [4.78, 5) is 14.5. The quantitative estimate of drug-likeness (QED) is 0.863. The van der Waals surface area contributed by atoms with Crippen molar-refractivity contribution < 1.29 is 19.0 Å². The summed E-state index contributed by atoms with van der Waals surface area (Å²) in [6.07, 6.45) is 2.02. The molecule has 0 radical (unpaired) electrons. The van der Waals surface area contributed by atoms with E-state index >= 15 is 0 Å². The van der Waals surface area contributed by atoms with Gasteiger partial charge < -0.3 is 24.4 Å². The molecular weight excluding hydrogens is 296 g/mol. The molecule has 1 fully saturated rings. The van der Waals surface area contributed by atoms with Gasteiger partial charge >= 0.3 is 0 Å². The molecule has 0 bridgehead atoms. The summed E-state index contributed by atoms with van der Waals surface area (Å²) >= 11 is 0. The fourth-order valence-electron chi connectivity index (χ4n) is 2.95. The summed E-state index contributed by atoms with van der Waals surface area (Å²) < 4.78 is 16.0. The van der Waals surface area contributed by atoms with Crippen LogP contribution >= 0.6 is 0 Å². The first-order valence-electron chi connectivity index (χ1n) is 7.84. The Hall–Kier alpha value is -1.95. The van der Waals surface area contributed by atoms with Crippen LogP contribution in [0.1, 0.15) is 18.4 Å². The largest absolute Gasteiger partial charge is 0.493 e. The summed E-state index contributed by atoms with van der Waals surface area (Å²) in [5, 5.41) is 3.01. The van der Waals surface area contributed by atoms with Crippen molar-refractivity contribution in [2.45, 2.75) is 19.4 Å². The predicted molar refractivity (Wildman–Crippen MR) is 88.2 cm³/mol. The van der Waals surface area contributed by atoms with Gasteiger partial charge in [-0.2, -0.15) is 0 Å². The van der Waals surface area contributed by atoms with Crippen molar-refractivity contribution in [1.29, 1.82) is 0 Å². The molecule has 6 heteroatoms. The van der Waals surface area contributed by atoms with Crippen LogP contribution in [0, 0.1) is 5.92 Å². The Bertz CT molecular complexity index is 522. The lowest BCUT2D eigenvalue weighted by Crippen LogP contribution is -2.41. The third-order valence-electron chi connectivity index (χ3n) is 4.19. The van der Waals surface area contributed by atoms with E-state index in [-0.39, 0.29) is 11.8 Å². The second-order valence-corrected chi connectivity index (χ2v) is 5.85. The van der Waals surface area contributed by atoms with E-state index in [0.717, 1.165) is 31.5 Å². The molecule has 0 saturated carbocycles. The standard InChI is InChI=1S/C17H26N2O4/c1-19-7-5-6-13(11-19)17(20)18-10-12-8-14(21-2)16(23-4)15(9-12)22-3/h8-9,13H,5-7,10-11H2,1-4H3,(H,18,20)/t13-/m0/s1. The lowest BCUT2D eigenvalue weighted by molar-refractivity contribution is -0.126. The van der Waals surface area contributed by atoms with Crippen molar-refractivity contribution in [3.8, 4) is 17.2 Å². The van der Waals surface area contributed by atoms with E-state index in [1.165, 1.54) is 0 Å². The number of carbonyl (C=O) groups excluding carboxylic acids is 1. The lowest BCUT2D eigenvalue weighted by atomic mass is 9.97. The van der Waals surface area contributed by atoms with E-state index in [2.05, 4.69) is 17.3 Å². The fourth-order valence-corrected chi connectivity index (χ4v) is 2.95. The van der Waals surface area contributed by atoms with Gasteiger partial charge in [0.15, 0.2) is 11.5 Å². The molecule has 0 unspecified atom stereocenters. The zero-order chi connectivity index (χ0) is 16.8. The van der Waals surface area contributed by atoms with Crippen LogP contribution in [0.25, 0.3) is 0 Å². The maximum atomic E-state index is 12.3. The van der Waals surface area contributed by atoms with Crippen molar-refractivity contribution in [1.82, 2.24) is 10.2 Å². The summed E-state index contributed by atoms with van der Waals surface area (Å²) in [5.41, 5.74) is 0.914. The number of hydrogen-bond acceptors (Lipinski definition) is 5. The molecule has 1 aliphatic heterocycles. The number of likely N-dealkylation sites (tertiary alicyclic amines) is 1.